The van der Waals surface area contributed by atoms with E-state index in [0.717, 1.165) is 24.9 Å². The van der Waals surface area contributed by atoms with Crippen molar-refractivity contribution in [1.82, 2.24) is 20.2 Å². The minimum absolute atomic E-state index is 0.0579. The molecule has 170 valence electrons. The summed E-state index contributed by atoms with van der Waals surface area (Å²) >= 11 is 0. The molecule has 1 unspecified atom stereocenters. The lowest BCUT2D eigenvalue weighted by molar-refractivity contribution is -0.136. The molecular weight excluding hydrogens is 406 g/mol. The molecule has 0 spiro atoms. The van der Waals surface area contributed by atoms with Crippen molar-refractivity contribution in [2.45, 2.75) is 58.3 Å². The number of carbonyl (C=O) groups is 2. The van der Waals surface area contributed by atoms with E-state index in [2.05, 4.69) is 20.2 Å². The van der Waals surface area contributed by atoms with E-state index in [1.807, 2.05) is 56.0 Å². The molecule has 2 saturated heterocycles. The number of alkyl carbamates (subject to hydrolysis) is 1. The molecule has 1 N–H and O–H groups in total. The van der Waals surface area contributed by atoms with Crippen LogP contribution in [0.3, 0.4) is 0 Å². The van der Waals surface area contributed by atoms with Crippen molar-refractivity contribution in [2.24, 2.45) is 5.41 Å². The Kier molecular flexibility index (Phi) is 6.30. The van der Waals surface area contributed by atoms with Crippen molar-refractivity contribution in [3.63, 3.8) is 0 Å². The third kappa shape index (κ3) is 4.69. The number of ether oxygens (including phenoxy) is 1. The first-order valence-electron chi connectivity index (χ1n) is 11.2. The Morgan fingerprint density at radius 3 is 2.44 bits per heavy atom. The number of likely N-dealkylation sites (tertiary alicyclic amines) is 1. The molecule has 0 radical (unpaired) electrons. The molecule has 0 saturated carbocycles. The minimum atomic E-state index is -0.674. The summed E-state index contributed by atoms with van der Waals surface area (Å²) in [6.45, 7) is 7.51. The van der Waals surface area contributed by atoms with Gasteiger partial charge in [0.25, 0.3) is 0 Å². The Bertz CT molecular complexity index is 932. The number of fused-ring (bicyclic) bond motifs is 1. The van der Waals surface area contributed by atoms with Crippen LogP contribution in [0.1, 0.15) is 39.2 Å². The van der Waals surface area contributed by atoms with E-state index in [9.17, 15) is 9.59 Å². The maximum Gasteiger partial charge on any atom is 0.408 e. The van der Waals surface area contributed by atoms with Crippen molar-refractivity contribution in [2.75, 3.05) is 18.0 Å². The highest BCUT2D eigenvalue weighted by Gasteiger charge is 2.48. The zero-order valence-electron chi connectivity index (χ0n) is 18.9. The van der Waals surface area contributed by atoms with Crippen LogP contribution in [0.4, 0.5) is 10.7 Å². The topological polar surface area (TPSA) is 87.7 Å². The largest absolute Gasteiger partial charge is 0.445 e. The van der Waals surface area contributed by atoms with Crippen LogP contribution in [0.15, 0.2) is 48.8 Å². The molecule has 2 aliphatic heterocycles. The summed E-state index contributed by atoms with van der Waals surface area (Å²) in [5.74, 6) is 0.654. The number of carbonyl (C=O) groups excluding carboxylic acids is 2. The predicted octanol–water partition coefficient (Wildman–Crippen LogP) is 3.00. The number of hydrogen-bond donors (Lipinski definition) is 1. The first-order valence-corrected chi connectivity index (χ1v) is 11.2. The fraction of sp³-hybridized carbons (Fsp3) is 0.500. The van der Waals surface area contributed by atoms with Gasteiger partial charge >= 0.3 is 6.09 Å². The van der Waals surface area contributed by atoms with Crippen LogP contribution in [-0.2, 0) is 16.1 Å². The zero-order valence-corrected chi connectivity index (χ0v) is 18.9. The molecule has 2 fully saturated rings. The second kappa shape index (κ2) is 9.14. The van der Waals surface area contributed by atoms with Crippen LogP contribution in [0, 0.1) is 5.41 Å². The van der Waals surface area contributed by atoms with Gasteiger partial charge in [0.15, 0.2) is 0 Å². The summed E-state index contributed by atoms with van der Waals surface area (Å²) in [6, 6.07) is 10.9. The second-order valence-electron chi connectivity index (χ2n) is 9.49. The number of hydrogen-bond acceptors (Lipinski definition) is 6. The van der Waals surface area contributed by atoms with Gasteiger partial charge < -0.3 is 19.9 Å². The van der Waals surface area contributed by atoms with E-state index >= 15 is 0 Å². The average Bonchev–Trinajstić information content (AvgIpc) is 3.38. The zero-order chi connectivity index (χ0) is 22.7. The summed E-state index contributed by atoms with van der Waals surface area (Å²) in [5, 5.41) is 2.84. The van der Waals surface area contributed by atoms with Crippen LogP contribution < -0.4 is 10.2 Å². The fourth-order valence-electron chi connectivity index (χ4n) is 4.64. The molecule has 1 aromatic carbocycles. The molecule has 3 atom stereocenters. The maximum atomic E-state index is 13.6. The molecule has 2 aliphatic rings. The van der Waals surface area contributed by atoms with Gasteiger partial charge in [-0.25, -0.2) is 14.8 Å². The van der Waals surface area contributed by atoms with E-state index < -0.39 is 17.6 Å². The van der Waals surface area contributed by atoms with Gasteiger partial charge in [-0.2, -0.15) is 0 Å². The van der Waals surface area contributed by atoms with Gasteiger partial charge in [-0.05, 0) is 29.9 Å². The lowest BCUT2D eigenvalue weighted by Gasteiger charge is -2.35. The first kappa shape index (κ1) is 22.0. The van der Waals surface area contributed by atoms with Crippen molar-refractivity contribution in [3.8, 4) is 0 Å². The molecule has 8 nitrogen and oxygen atoms in total. The lowest BCUT2D eigenvalue weighted by atomic mass is 9.85. The van der Waals surface area contributed by atoms with Crippen LogP contribution in [-0.4, -0.2) is 58.1 Å². The van der Waals surface area contributed by atoms with Gasteiger partial charge in [-0.15, -0.1) is 0 Å². The van der Waals surface area contributed by atoms with Crippen molar-refractivity contribution >= 4 is 17.9 Å². The van der Waals surface area contributed by atoms with Gasteiger partial charge in [0.1, 0.15) is 12.6 Å². The van der Waals surface area contributed by atoms with Crippen molar-refractivity contribution < 1.29 is 14.3 Å². The van der Waals surface area contributed by atoms with E-state index in [1.54, 1.807) is 18.5 Å². The fourth-order valence-corrected chi connectivity index (χ4v) is 4.64. The van der Waals surface area contributed by atoms with Crippen molar-refractivity contribution in [1.29, 1.82) is 0 Å². The molecule has 3 heterocycles. The SMILES string of the molecule is CC(C)(C)C(NC(=O)OCc1ccccc1)C(=O)N1CC[C@@H]2[C@H]1CCN2c1ncccn1. The Balaban J connectivity index is 1.42. The van der Waals surface area contributed by atoms with Crippen LogP contribution in [0.25, 0.3) is 0 Å². The quantitative estimate of drug-likeness (QED) is 0.774. The Hall–Kier alpha value is -3.16. The Morgan fingerprint density at radius 2 is 1.75 bits per heavy atom. The summed E-state index contributed by atoms with van der Waals surface area (Å²) in [6.07, 6.45) is 4.64. The minimum Gasteiger partial charge on any atom is -0.445 e. The average molecular weight is 438 g/mol. The predicted molar refractivity (Wildman–Crippen MR) is 121 cm³/mol. The van der Waals surface area contributed by atoms with Crippen LogP contribution in [0.2, 0.25) is 0 Å². The molecule has 32 heavy (non-hydrogen) atoms. The highest BCUT2D eigenvalue weighted by atomic mass is 16.5. The van der Waals surface area contributed by atoms with Crippen LogP contribution >= 0.6 is 0 Å². The Labute approximate surface area is 189 Å². The molecule has 2 amide bonds. The summed E-state index contributed by atoms with van der Waals surface area (Å²) in [5.41, 5.74) is 0.444. The van der Waals surface area contributed by atoms with Gasteiger partial charge in [-0.3, -0.25) is 4.79 Å². The number of anilines is 1. The number of aromatic nitrogens is 2. The number of nitrogens with one attached hydrogen (secondary N) is 1. The van der Waals surface area contributed by atoms with E-state index in [-0.39, 0.29) is 24.6 Å². The number of amides is 2. The smallest absolute Gasteiger partial charge is 0.408 e. The lowest BCUT2D eigenvalue weighted by Crippen LogP contribution is -2.56. The molecule has 0 aliphatic carbocycles. The monoisotopic (exact) mass is 437 g/mol. The normalized spacial score (nSPS) is 21.2. The van der Waals surface area contributed by atoms with Gasteiger partial charge in [0, 0.05) is 25.5 Å². The van der Waals surface area contributed by atoms with E-state index in [1.165, 1.54) is 0 Å². The molecule has 2 aromatic rings. The van der Waals surface area contributed by atoms with Gasteiger partial charge in [-0.1, -0.05) is 51.1 Å². The third-order valence-electron chi connectivity index (χ3n) is 6.26. The van der Waals surface area contributed by atoms with Crippen molar-refractivity contribution in [3.05, 3.63) is 54.4 Å². The molecule has 8 heteroatoms. The maximum absolute atomic E-state index is 13.6. The van der Waals surface area contributed by atoms with Gasteiger partial charge in [0.05, 0.1) is 12.1 Å². The number of benzene rings is 1. The third-order valence-corrected chi connectivity index (χ3v) is 6.26. The number of nitrogens with zero attached hydrogens (tertiary/aromatic N) is 4. The summed E-state index contributed by atoms with van der Waals surface area (Å²) in [7, 11) is 0. The highest BCUT2D eigenvalue weighted by Crippen LogP contribution is 2.35. The summed E-state index contributed by atoms with van der Waals surface area (Å²) in [4.78, 5) is 39.0. The highest BCUT2D eigenvalue weighted by molar-refractivity contribution is 5.87. The van der Waals surface area contributed by atoms with Crippen LogP contribution in [0.5, 0.6) is 0 Å². The Morgan fingerprint density at radius 1 is 1.06 bits per heavy atom. The van der Waals surface area contributed by atoms with Gasteiger partial charge in [0.2, 0.25) is 11.9 Å². The van der Waals surface area contributed by atoms with E-state index in [0.29, 0.717) is 12.5 Å². The van der Waals surface area contributed by atoms with E-state index in [4.69, 9.17) is 4.74 Å². The standard InChI is InChI=1S/C24H31N5O3/c1-24(2,3)20(27-23(31)32-16-17-8-5-4-6-9-17)21(30)28-14-10-19-18(28)11-15-29(19)22-25-12-7-13-26-22/h4-9,12-13,18-20H,10-11,14-16H2,1-3H3,(H,27,31)/t18-,19-,20?/m1/s1. The first-order chi connectivity index (χ1) is 15.3. The molecule has 0 bridgehead atoms. The number of rotatable bonds is 5. The molecular formula is C24H31N5O3. The second-order valence-corrected chi connectivity index (χ2v) is 9.49. The summed E-state index contributed by atoms with van der Waals surface area (Å²) < 4.78 is 5.38. The molecule has 4 rings (SSSR count). The molecule has 1 aromatic heterocycles.